The Labute approximate surface area is 120 Å². The summed E-state index contributed by atoms with van der Waals surface area (Å²) in [5.41, 5.74) is -0.00499. The fraction of sp³-hybridized carbons (Fsp3) is 1.00. The lowest BCUT2D eigenvalue weighted by Crippen LogP contribution is -2.58. The van der Waals surface area contributed by atoms with Crippen LogP contribution in [0.5, 0.6) is 0 Å². The highest BCUT2D eigenvalue weighted by atomic mass is 16.5. The first-order valence-electron chi connectivity index (χ1n) is 7.92. The van der Waals surface area contributed by atoms with Gasteiger partial charge >= 0.3 is 0 Å². The average Bonchev–Trinajstić information content (AvgIpc) is 2.37. The van der Waals surface area contributed by atoms with Gasteiger partial charge in [0, 0.05) is 38.8 Å². The van der Waals surface area contributed by atoms with E-state index >= 15 is 0 Å². The Balaban J connectivity index is 2.56. The zero-order valence-corrected chi connectivity index (χ0v) is 13.8. The van der Waals surface area contributed by atoms with E-state index in [0.717, 1.165) is 19.5 Å². The van der Waals surface area contributed by atoms with E-state index in [9.17, 15) is 0 Å². The van der Waals surface area contributed by atoms with Crippen molar-refractivity contribution >= 4 is 0 Å². The number of rotatable bonds is 7. The van der Waals surface area contributed by atoms with E-state index in [4.69, 9.17) is 4.74 Å². The first-order chi connectivity index (χ1) is 8.89. The summed E-state index contributed by atoms with van der Waals surface area (Å²) in [7, 11) is 1.82. The van der Waals surface area contributed by atoms with E-state index in [1.165, 1.54) is 19.4 Å². The van der Waals surface area contributed by atoms with E-state index in [0.29, 0.717) is 18.0 Å². The van der Waals surface area contributed by atoms with Gasteiger partial charge in [-0.15, -0.1) is 0 Å². The summed E-state index contributed by atoms with van der Waals surface area (Å²) in [5, 5.41) is 3.72. The van der Waals surface area contributed by atoms with Crippen LogP contribution in [-0.2, 0) is 4.74 Å². The topological polar surface area (TPSA) is 24.5 Å². The number of piperazine rings is 1. The predicted molar refractivity (Wildman–Crippen MR) is 82.6 cm³/mol. The molecule has 19 heavy (non-hydrogen) atoms. The zero-order chi connectivity index (χ0) is 14.5. The lowest BCUT2D eigenvalue weighted by Gasteiger charge is -2.43. The molecule has 1 aliphatic heterocycles. The molecule has 0 aromatic rings. The van der Waals surface area contributed by atoms with Crippen LogP contribution >= 0.6 is 0 Å². The molecule has 0 aliphatic carbocycles. The maximum Gasteiger partial charge on any atom is 0.0634 e. The molecule has 0 aromatic heterocycles. The Bertz CT molecular complexity index is 253. The van der Waals surface area contributed by atoms with Crippen LogP contribution in [0.4, 0.5) is 0 Å². The summed E-state index contributed by atoms with van der Waals surface area (Å²) in [5.74, 6) is 0.709. The molecule has 1 heterocycles. The highest BCUT2D eigenvalue weighted by Gasteiger charge is 2.29. The van der Waals surface area contributed by atoms with Gasteiger partial charge in [-0.2, -0.15) is 0 Å². The van der Waals surface area contributed by atoms with Gasteiger partial charge in [0.25, 0.3) is 0 Å². The minimum Gasteiger partial charge on any atom is -0.379 e. The Morgan fingerprint density at radius 3 is 2.58 bits per heavy atom. The molecule has 114 valence electrons. The van der Waals surface area contributed by atoms with Crippen molar-refractivity contribution in [1.29, 1.82) is 0 Å². The van der Waals surface area contributed by atoms with Crippen LogP contribution in [0.1, 0.15) is 53.9 Å². The average molecular weight is 270 g/mol. The second-order valence-corrected chi connectivity index (χ2v) is 6.91. The minimum atomic E-state index is -0.00499. The van der Waals surface area contributed by atoms with E-state index in [1.807, 2.05) is 7.11 Å². The molecule has 1 N–H and O–H groups in total. The van der Waals surface area contributed by atoms with Gasteiger partial charge < -0.3 is 10.1 Å². The molecule has 0 aromatic carbocycles. The molecule has 1 aliphatic rings. The van der Waals surface area contributed by atoms with Gasteiger partial charge in [0.1, 0.15) is 0 Å². The van der Waals surface area contributed by atoms with Crippen LogP contribution in [-0.4, -0.2) is 49.3 Å². The van der Waals surface area contributed by atoms with Crippen molar-refractivity contribution in [2.45, 2.75) is 71.6 Å². The second-order valence-electron chi connectivity index (χ2n) is 6.91. The third-order valence-corrected chi connectivity index (χ3v) is 4.54. The molecule has 0 saturated carbocycles. The molecular formula is C16H34N2O. The quantitative estimate of drug-likeness (QED) is 0.770. The number of hydrogen-bond donors (Lipinski definition) is 1. The van der Waals surface area contributed by atoms with E-state index < -0.39 is 0 Å². The second kappa shape index (κ2) is 7.61. The van der Waals surface area contributed by atoms with Crippen molar-refractivity contribution in [2.24, 2.45) is 5.92 Å². The number of methoxy groups -OCH3 is 1. The summed E-state index contributed by atoms with van der Waals surface area (Å²) >= 11 is 0. The van der Waals surface area contributed by atoms with Crippen LogP contribution in [0.3, 0.4) is 0 Å². The molecule has 2 atom stereocenters. The van der Waals surface area contributed by atoms with Crippen LogP contribution in [0.25, 0.3) is 0 Å². The molecule has 1 fully saturated rings. The van der Waals surface area contributed by atoms with Crippen LogP contribution in [0.2, 0.25) is 0 Å². The highest BCUT2D eigenvalue weighted by Crippen LogP contribution is 2.20. The Hall–Kier alpha value is -0.120. The monoisotopic (exact) mass is 270 g/mol. The number of ether oxygens (including phenoxy) is 1. The summed E-state index contributed by atoms with van der Waals surface area (Å²) in [6.07, 6.45) is 3.67. The summed E-state index contributed by atoms with van der Waals surface area (Å²) in [6, 6.07) is 1.34. The Kier molecular flexibility index (Phi) is 6.78. The van der Waals surface area contributed by atoms with Gasteiger partial charge in [0.05, 0.1) is 5.60 Å². The summed E-state index contributed by atoms with van der Waals surface area (Å²) in [6.45, 7) is 14.8. The van der Waals surface area contributed by atoms with Crippen molar-refractivity contribution in [3.05, 3.63) is 0 Å². The molecule has 1 rings (SSSR count). The molecule has 0 bridgehead atoms. The third-order valence-electron chi connectivity index (χ3n) is 4.54. The van der Waals surface area contributed by atoms with Crippen molar-refractivity contribution in [2.75, 3.05) is 26.7 Å². The maximum absolute atomic E-state index is 5.56. The van der Waals surface area contributed by atoms with Crippen LogP contribution < -0.4 is 5.32 Å². The molecule has 1 saturated heterocycles. The molecule has 2 unspecified atom stereocenters. The number of hydrogen-bond acceptors (Lipinski definition) is 3. The van der Waals surface area contributed by atoms with Gasteiger partial charge in [0.15, 0.2) is 0 Å². The first kappa shape index (κ1) is 16.9. The molecule has 0 amide bonds. The first-order valence-corrected chi connectivity index (χ1v) is 7.92. The standard InChI is InChI=1S/C16H34N2O/c1-7-8-14-11-17-15(13(2)3)12-18(14)10-9-16(4,5)19-6/h13-15,17H,7-12H2,1-6H3. The highest BCUT2D eigenvalue weighted by molar-refractivity contribution is 4.88. The SMILES string of the molecule is CCCC1CNC(C(C)C)CN1CCC(C)(C)OC. The molecule has 3 nitrogen and oxygen atoms in total. The van der Waals surface area contributed by atoms with Crippen molar-refractivity contribution < 1.29 is 4.74 Å². The van der Waals surface area contributed by atoms with Crippen LogP contribution in [0.15, 0.2) is 0 Å². The van der Waals surface area contributed by atoms with Crippen molar-refractivity contribution in [3.63, 3.8) is 0 Å². The molecule has 0 radical (unpaired) electrons. The normalized spacial score (nSPS) is 26.1. The predicted octanol–water partition coefficient (Wildman–Crippen LogP) is 2.90. The lowest BCUT2D eigenvalue weighted by molar-refractivity contribution is -0.00211. The fourth-order valence-electron chi connectivity index (χ4n) is 2.74. The van der Waals surface area contributed by atoms with Crippen LogP contribution in [0, 0.1) is 5.92 Å². The Morgan fingerprint density at radius 2 is 2.05 bits per heavy atom. The smallest absolute Gasteiger partial charge is 0.0634 e. The van der Waals surface area contributed by atoms with Gasteiger partial charge in [-0.1, -0.05) is 27.2 Å². The Morgan fingerprint density at radius 1 is 1.37 bits per heavy atom. The maximum atomic E-state index is 5.56. The third kappa shape index (κ3) is 5.41. The summed E-state index contributed by atoms with van der Waals surface area (Å²) in [4.78, 5) is 2.69. The fourth-order valence-corrected chi connectivity index (χ4v) is 2.74. The largest absolute Gasteiger partial charge is 0.379 e. The van der Waals surface area contributed by atoms with Crippen molar-refractivity contribution in [3.8, 4) is 0 Å². The van der Waals surface area contributed by atoms with Gasteiger partial charge in [0.2, 0.25) is 0 Å². The van der Waals surface area contributed by atoms with Crippen molar-refractivity contribution in [1.82, 2.24) is 10.2 Å². The molecule has 0 spiro atoms. The van der Waals surface area contributed by atoms with E-state index in [1.54, 1.807) is 0 Å². The van der Waals surface area contributed by atoms with Gasteiger partial charge in [-0.25, -0.2) is 0 Å². The summed E-state index contributed by atoms with van der Waals surface area (Å²) < 4.78 is 5.56. The van der Waals surface area contributed by atoms with E-state index in [-0.39, 0.29) is 5.60 Å². The number of nitrogens with zero attached hydrogens (tertiary/aromatic N) is 1. The van der Waals surface area contributed by atoms with E-state index in [2.05, 4.69) is 44.8 Å². The minimum absolute atomic E-state index is 0.00499. The molecular weight excluding hydrogens is 236 g/mol. The van der Waals surface area contributed by atoms with Gasteiger partial charge in [-0.05, 0) is 32.6 Å². The lowest BCUT2D eigenvalue weighted by atomic mass is 9.96. The van der Waals surface area contributed by atoms with Gasteiger partial charge in [-0.3, -0.25) is 4.90 Å². The zero-order valence-electron chi connectivity index (χ0n) is 13.8. The number of nitrogens with one attached hydrogen (secondary N) is 1. The molecule has 3 heteroatoms.